The lowest BCUT2D eigenvalue weighted by Gasteiger charge is -2.36. The second-order valence-corrected chi connectivity index (χ2v) is 6.33. The molecule has 6 nitrogen and oxygen atoms in total. The van der Waals surface area contributed by atoms with Crippen molar-refractivity contribution in [3.8, 4) is 11.3 Å². The zero-order valence-corrected chi connectivity index (χ0v) is 13.3. The van der Waals surface area contributed by atoms with Crippen molar-refractivity contribution in [2.24, 2.45) is 5.73 Å². The summed E-state index contributed by atoms with van der Waals surface area (Å²) >= 11 is 5.87. The van der Waals surface area contributed by atoms with Crippen LogP contribution in [-0.4, -0.2) is 39.8 Å². The Bertz CT molecular complexity index is 701. The molecule has 3 N–H and O–H groups in total. The first-order chi connectivity index (χ1) is 11.0. The van der Waals surface area contributed by atoms with E-state index in [0.717, 1.165) is 17.8 Å². The minimum Gasteiger partial charge on any atom is -0.379 e. The van der Waals surface area contributed by atoms with Crippen LogP contribution in [-0.2, 0) is 11.3 Å². The van der Waals surface area contributed by atoms with Gasteiger partial charge in [0.05, 0.1) is 6.54 Å². The second kappa shape index (κ2) is 6.31. The number of hydrogen-bond donors (Lipinski definition) is 2. The summed E-state index contributed by atoms with van der Waals surface area (Å²) in [5.74, 6) is -0.00899. The van der Waals surface area contributed by atoms with Crippen LogP contribution < -0.4 is 5.73 Å². The lowest BCUT2D eigenvalue weighted by atomic mass is 9.92. The summed E-state index contributed by atoms with van der Waals surface area (Å²) in [6, 6.07) is 9.18. The number of hydrogen-bond acceptors (Lipinski definition) is 5. The Hall–Kier alpha value is -1.89. The molecule has 1 aliphatic rings. The fraction of sp³-hybridized carbons (Fsp3) is 0.375. The van der Waals surface area contributed by atoms with Gasteiger partial charge in [-0.15, -0.1) is 0 Å². The summed E-state index contributed by atoms with van der Waals surface area (Å²) in [4.78, 5) is 13.3. The first kappa shape index (κ1) is 16.0. The molecule has 1 fully saturated rings. The van der Waals surface area contributed by atoms with Gasteiger partial charge in [0, 0.05) is 23.2 Å². The number of rotatable bonds is 4. The highest BCUT2D eigenvalue weighted by atomic mass is 35.5. The molecule has 3 rings (SSSR count). The van der Waals surface area contributed by atoms with Crippen molar-refractivity contribution in [1.82, 2.24) is 10.1 Å². The van der Waals surface area contributed by atoms with Crippen LogP contribution in [0, 0.1) is 0 Å². The molecule has 1 amide bonds. The van der Waals surface area contributed by atoms with E-state index in [9.17, 15) is 9.90 Å². The first-order valence-electron chi connectivity index (χ1n) is 7.42. The van der Waals surface area contributed by atoms with E-state index < -0.39 is 11.5 Å². The van der Waals surface area contributed by atoms with Gasteiger partial charge in [0.25, 0.3) is 5.91 Å². The van der Waals surface area contributed by atoms with Crippen molar-refractivity contribution in [3.05, 3.63) is 41.1 Å². The predicted molar refractivity (Wildman–Crippen MR) is 85.6 cm³/mol. The average Bonchev–Trinajstić information content (AvgIpc) is 2.96. The van der Waals surface area contributed by atoms with Crippen molar-refractivity contribution in [3.63, 3.8) is 0 Å². The van der Waals surface area contributed by atoms with Crippen LogP contribution in [0.15, 0.2) is 34.9 Å². The quantitative estimate of drug-likeness (QED) is 0.888. The van der Waals surface area contributed by atoms with Crippen molar-refractivity contribution < 1.29 is 14.4 Å². The van der Waals surface area contributed by atoms with Crippen LogP contribution in [0.3, 0.4) is 0 Å². The topological polar surface area (TPSA) is 92.6 Å². The average molecular weight is 336 g/mol. The fourth-order valence-corrected chi connectivity index (χ4v) is 2.95. The summed E-state index contributed by atoms with van der Waals surface area (Å²) in [6.07, 6.45) is 1.10. The van der Waals surface area contributed by atoms with Crippen molar-refractivity contribution in [2.45, 2.75) is 25.0 Å². The molecule has 7 heteroatoms. The third kappa shape index (κ3) is 3.55. The van der Waals surface area contributed by atoms with Gasteiger partial charge in [-0.2, -0.15) is 0 Å². The van der Waals surface area contributed by atoms with Crippen molar-refractivity contribution in [2.75, 3.05) is 13.1 Å². The summed E-state index contributed by atoms with van der Waals surface area (Å²) < 4.78 is 5.36. The highest BCUT2D eigenvalue weighted by Crippen LogP contribution is 2.25. The van der Waals surface area contributed by atoms with Gasteiger partial charge < -0.3 is 15.4 Å². The van der Waals surface area contributed by atoms with Crippen LogP contribution >= 0.6 is 11.6 Å². The maximum absolute atomic E-state index is 11.4. The summed E-state index contributed by atoms with van der Waals surface area (Å²) in [7, 11) is 0. The molecule has 0 bridgehead atoms. The van der Waals surface area contributed by atoms with E-state index in [4.69, 9.17) is 21.9 Å². The summed E-state index contributed by atoms with van der Waals surface area (Å²) in [5.41, 5.74) is 5.46. The van der Waals surface area contributed by atoms with Crippen LogP contribution in [0.4, 0.5) is 0 Å². The Labute approximate surface area is 138 Å². The highest BCUT2D eigenvalue weighted by Gasteiger charge is 2.38. The molecule has 1 aromatic heterocycles. The van der Waals surface area contributed by atoms with Gasteiger partial charge in [-0.25, -0.2) is 0 Å². The van der Waals surface area contributed by atoms with E-state index in [2.05, 4.69) is 5.16 Å². The number of aliphatic hydroxyl groups is 1. The number of primary amides is 1. The molecule has 1 aliphatic heterocycles. The van der Waals surface area contributed by atoms with E-state index in [1.165, 1.54) is 0 Å². The fourth-order valence-electron chi connectivity index (χ4n) is 2.82. The molecular formula is C16H18ClN3O3. The van der Waals surface area contributed by atoms with Crippen molar-refractivity contribution >= 4 is 17.5 Å². The SMILES string of the molecule is NC(=O)[C@]1(O)CCCN(Cc2cc(-c3ccc(Cl)cc3)no2)C1. The third-order valence-electron chi connectivity index (χ3n) is 4.09. The summed E-state index contributed by atoms with van der Waals surface area (Å²) in [5, 5.41) is 14.9. The molecular weight excluding hydrogens is 318 g/mol. The Balaban J connectivity index is 1.69. The molecule has 1 aromatic carbocycles. The number of halogens is 1. The minimum absolute atomic E-state index is 0.208. The van der Waals surface area contributed by atoms with Gasteiger partial charge in [-0.05, 0) is 31.5 Å². The molecule has 122 valence electrons. The number of carbonyl (C=O) groups excluding carboxylic acids is 1. The molecule has 1 atom stereocenters. The number of β-amino-alcohol motifs (C(OH)–C–C–N with tert-alkyl or cyclic N) is 1. The maximum atomic E-state index is 11.4. The molecule has 0 radical (unpaired) electrons. The number of carbonyl (C=O) groups is 1. The van der Waals surface area contributed by atoms with Crippen LogP contribution in [0.1, 0.15) is 18.6 Å². The number of amides is 1. The summed E-state index contributed by atoms with van der Waals surface area (Å²) in [6.45, 7) is 1.45. The standard InChI is InChI=1S/C16H18ClN3O3/c17-12-4-2-11(3-5-12)14-8-13(23-19-14)9-20-7-1-6-16(22,10-20)15(18)21/h2-5,8,22H,1,6-7,9-10H2,(H2,18,21)/t16-/m0/s1. The molecule has 0 aliphatic carbocycles. The maximum Gasteiger partial charge on any atom is 0.250 e. The van der Waals surface area contributed by atoms with Crippen LogP contribution in [0.25, 0.3) is 11.3 Å². The second-order valence-electron chi connectivity index (χ2n) is 5.90. The van der Waals surface area contributed by atoms with E-state index in [1.54, 1.807) is 12.1 Å². The lowest BCUT2D eigenvalue weighted by Crippen LogP contribution is -2.55. The number of likely N-dealkylation sites (tertiary alicyclic amines) is 1. The van der Waals surface area contributed by atoms with Gasteiger partial charge >= 0.3 is 0 Å². The molecule has 2 heterocycles. The molecule has 0 saturated carbocycles. The van der Waals surface area contributed by atoms with E-state index in [1.807, 2.05) is 23.1 Å². The number of benzene rings is 1. The molecule has 2 aromatic rings. The van der Waals surface area contributed by atoms with E-state index in [-0.39, 0.29) is 6.54 Å². The number of aromatic nitrogens is 1. The van der Waals surface area contributed by atoms with Gasteiger partial charge in [0.1, 0.15) is 5.69 Å². The zero-order valence-electron chi connectivity index (χ0n) is 12.5. The van der Waals surface area contributed by atoms with E-state index >= 15 is 0 Å². The number of piperidine rings is 1. The van der Waals surface area contributed by atoms with Crippen LogP contribution in [0.5, 0.6) is 0 Å². The van der Waals surface area contributed by atoms with Gasteiger partial charge in [0.15, 0.2) is 11.4 Å². The third-order valence-corrected chi connectivity index (χ3v) is 4.34. The normalized spacial score (nSPS) is 22.2. The monoisotopic (exact) mass is 335 g/mol. The Morgan fingerprint density at radius 1 is 1.43 bits per heavy atom. The van der Waals surface area contributed by atoms with Gasteiger partial charge in [-0.3, -0.25) is 9.69 Å². The van der Waals surface area contributed by atoms with Crippen molar-refractivity contribution in [1.29, 1.82) is 0 Å². The molecule has 1 saturated heterocycles. The molecule has 23 heavy (non-hydrogen) atoms. The van der Waals surface area contributed by atoms with E-state index in [0.29, 0.717) is 30.2 Å². The first-order valence-corrected chi connectivity index (χ1v) is 7.80. The molecule has 0 spiro atoms. The Kier molecular flexibility index (Phi) is 4.39. The van der Waals surface area contributed by atoms with Crippen LogP contribution in [0.2, 0.25) is 5.02 Å². The number of nitrogens with zero attached hydrogens (tertiary/aromatic N) is 2. The highest BCUT2D eigenvalue weighted by molar-refractivity contribution is 6.30. The van der Waals surface area contributed by atoms with Gasteiger partial charge in [0.2, 0.25) is 0 Å². The minimum atomic E-state index is -1.46. The smallest absolute Gasteiger partial charge is 0.250 e. The Morgan fingerprint density at radius 3 is 2.87 bits per heavy atom. The lowest BCUT2D eigenvalue weighted by molar-refractivity contribution is -0.142. The molecule has 0 unspecified atom stereocenters. The van der Waals surface area contributed by atoms with Gasteiger partial charge in [-0.1, -0.05) is 28.9 Å². The predicted octanol–water partition coefficient (Wildman–Crippen LogP) is 1.81. The number of nitrogens with two attached hydrogens (primary N) is 1. The largest absolute Gasteiger partial charge is 0.379 e. The zero-order chi connectivity index (χ0) is 16.4. The Morgan fingerprint density at radius 2 is 2.17 bits per heavy atom.